The second-order valence-electron chi connectivity index (χ2n) is 6.32. The first-order valence-electron chi connectivity index (χ1n) is 8.95. The van der Waals surface area contributed by atoms with E-state index in [1.807, 2.05) is 0 Å². The van der Waals surface area contributed by atoms with Gasteiger partial charge in [0.15, 0.2) is 5.11 Å². The van der Waals surface area contributed by atoms with Crippen molar-refractivity contribution < 1.29 is 19.1 Å². The van der Waals surface area contributed by atoms with Gasteiger partial charge in [0.1, 0.15) is 5.82 Å². The van der Waals surface area contributed by atoms with E-state index in [4.69, 9.17) is 17.3 Å². The molecule has 0 aliphatic rings. The highest BCUT2D eigenvalue weighted by atomic mass is 32.1. The Hall–Kier alpha value is -3.78. The maximum absolute atomic E-state index is 13.7. The van der Waals surface area contributed by atoms with Gasteiger partial charge in [-0.15, -0.1) is 0 Å². The molecule has 6 nitrogen and oxygen atoms in total. The van der Waals surface area contributed by atoms with Crippen LogP contribution in [0.25, 0.3) is 0 Å². The lowest BCUT2D eigenvalue weighted by atomic mass is 10.1. The standard InChI is InChI=1S/C22H18FN3O3S/c23-19-7-2-1-6-18(19)20(27)25-16-8-10-17(11-9-16)26-22(30)24-13-14-4-3-5-15(12-14)21(28)29/h1-12H,13H2,(H,25,27)(H,28,29)(H2,24,26,30). The van der Waals surface area contributed by atoms with E-state index in [1.54, 1.807) is 48.5 Å². The van der Waals surface area contributed by atoms with Gasteiger partial charge in [-0.3, -0.25) is 4.79 Å². The van der Waals surface area contributed by atoms with Crippen LogP contribution in [0.1, 0.15) is 26.3 Å². The third kappa shape index (κ3) is 5.62. The molecular formula is C22H18FN3O3S. The van der Waals surface area contributed by atoms with Gasteiger partial charge in [-0.05, 0) is 66.3 Å². The molecule has 0 aromatic heterocycles. The Morgan fingerprint density at radius 3 is 2.23 bits per heavy atom. The molecule has 0 fully saturated rings. The van der Waals surface area contributed by atoms with Crippen molar-refractivity contribution in [2.24, 2.45) is 0 Å². The van der Waals surface area contributed by atoms with E-state index < -0.39 is 17.7 Å². The number of rotatable bonds is 6. The van der Waals surface area contributed by atoms with Crippen molar-refractivity contribution in [3.63, 3.8) is 0 Å². The second-order valence-corrected chi connectivity index (χ2v) is 6.73. The molecule has 1 amide bonds. The molecule has 0 aliphatic carbocycles. The number of thiocarbonyl (C=S) groups is 1. The molecule has 8 heteroatoms. The Labute approximate surface area is 177 Å². The molecule has 4 N–H and O–H groups in total. The minimum atomic E-state index is -0.986. The number of anilines is 2. The number of hydrogen-bond donors (Lipinski definition) is 4. The molecular weight excluding hydrogens is 405 g/mol. The summed E-state index contributed by atoms with van der Waals surface area (Å²) in [6.45, 7) is 0.365. The van der Waals surface area contributed by atoms with Gasteiger partial charge in [0.25, 0.3) is 5.91 Å². The summed E-state index contributed by atoms with van der Waals surface area (Å²) in [6, 6.07) is 19.1. The molecule has 0 bridgehead atoms. The van der Waals surface area contributed by atoms with Gasteiger partial charge in [0, 0.05) is 17.9 Å². The molecule has 3 rings (SSSR count). The van der Waals surface area contributed by atoms with Crippen molar-refractivity contribution in [1.82, 2.24) is 5.32 Å². The molecule has 0 unspecified atom stereocenters. The van der Waals surface area contributed by atoms with Crippen molar-refractivity contribution in [3.05, 3.63) is 95.3 Å². The highest BCUT2D eigenvalue weighted by Gasteiger charge is 2.11. The number of carboxylic acid groups (broad SMARTS) is 1. The highest BCUT2D eigenvalue weighted by Crippen LogP contribution is 2.16. The van der Waals surface area contributed by atoms with Gasteiger partial charge >= 0.3 is 5.97 Å². The van der Waals surface area contributed by atoms with Crippen LogP contribution in [-0.4, -0.2) is 22.1 Å². The van der Waals surface area contributed by atoms with Gasteiger partial charge < -0.3 is 21.1 Å². The number of benzene rings is 3. The fourth-order valence-corrected chi connectivity index (χ4v) is 2.84. The summed E-state index contributed by atoms with van der Waals surface area (Å²) in [5, 5.41) is 18.0. The average Bonchev–Trinajstić information content (AvgIpc) is 2.74. The number of carboxylic acids is 1. The lowest BCUT2D eigenvalue weighted by molar-refractivity contribution is 0.0696. The van der Waals surface area contributed by atoms with Crippen molar-refractivity contribution in [2.75, 3.05) is 10.6 Å². The predicted molar refractivity (Wildman–Crippen MR) is 117 cm³/mol. The predicted octanol–water partition coefficient (Wildman–Crippen LogP) is 4.26. The van der Waals surface area contributed by atoms with E-state index in [0.717, 1.165) is 5.56 Å². The van der Waals surface area contributed by atoms with Crippen LogP contribution in [0, 0.1) is 5.82 Å². The number of carbonyl (C=O) groups excluding carboxylic acids is 1. The van der Waals surface area contributed by atoms with Gasteiger partial charge in [-0.25, -0.2) is 9.18 Å². The summed E-state index contributed by atoms with van der Waals surface area (Å²) in [7, 11) is 0. The summed E-state index contributed by atoms with van der Waals surface area (Å²) in [6.07, 6.45) is 0. The van der Waals surface area contributed by atoms with Crippen molar-refractivity contribution in [1.29, 1.82) is 0 Å². The maximum Gasteiger partial charge on any atom is 0.335 e. The number of carbonyl (C=O) groups is 2. The van der Waals surface area contributed by atoms with Crippen LogP contribution >= 0.6 is 12.2 Å². The average molecular weight is 423 g/mol. The Bertz CT molecular complexity index is 1090. The second kappa shape index (κ2) is 9.62. The number of nitrogens with one attached hydrogen (secondary N) is 3. The van der Waals surface area contributed by atoms with Gasteiger partial charge in [-0.1, -0.05) is 24.3 Å². The lowest BCUT2D eigenvalue weighted by Gasteiger charge is -2.12. The monoisotopic (exact) mass is 423 g/mol. The highest BCUT2D eigenvalue weighted by molar-refractivity contribution is 7.80. The third-order valence-electron chi connectivity index (χ3n) is 4.15. The summed E-state index contributed by atoms with van der Waals surface area (Å²) >= 11 is 5.25. The third-order valence-corrected chi connectivity index (χ3v) is 4.39. The molecule has 0 radical (unpaired) electrons. The largest absolute Gasteiger partial charge is 0.478 e. The topological polar surface area (TPSA) is 90.5 Å². The van der Waals surface area contributed by atoms with Crippen molar-refractivity contribution in [2.45, 2.75) is 6.54 Å². The molecule has 0 saturated heterocycles. The minimum absolute atomic E-state index is 0.0305. The van der Waals surface area contributed by atoms with Crippen molar-refractivity contribution in [3.8, 4) is 0 Å². The van der Waals surface area contributed by atoms with E-state index in [-0.39, 0.29) is 11.1 Å². The van der Waals surface area contributed by atoms with Crippen LogP contribution < -0.4 is 16.0 Å². The number of amides is 1. The van der Waals surface area contributed by atoms with Crippen LogP contribution in [0.15, 0.2) is 72.8 Å². The Morgan fingerprint density at radius 2 is 1.57 bits per heavy atom. The lowest BCUT2D eigenvalue weighted by Crippen LogP contribution is -2.27. The fraction of sp³-hybridized carbons (Fsp3) is 0.0455. The van der Waals surface area contributed by atoms with E-state index in [9.17, 15) is 14.0 Å². The maximum atomic E-state index is 13.7. The first-order chi connectivity index (χ1) is 14.4. The van der Waals surface area contributed by atoms with Gasteiger partial charge in [0.2, 0.25) is 0 Å². The molecule has 0 aliphatic heterocycles. The van der Waals surface area contributed by atoms with E-state index >= 15 is 0 Å². The normalized spacial score (nSPS) is 10.2. The molecule has 152 valence electrons. The fourth-order valence-electron chi connectivity index (χ4n) is 2.65. The Morgan fingerprint density at radius 1 is 0.900 bits per heavy atom. The molecule has 0 atom stereocenters. The zero-order valence-electron chi connectivity index (χ0n) is 15.7. The zero-order valence-corrected chi connectivity index (χ0v) is 16.5. The first kappa shape index (κ1) is 20.9. The van der Waals surface area contributed by atoms with Crippen LogP contribution in [0.5, 0.6) is 0 Å². The number of hydrogen-bond acceptors (Lipinski definition) is 3. The zero-order chi connectivity index (χ0) is 21.5. The first-order valence-corrected chi connectivity index (χ1v) is 9.36. The number of halogens is 1. The van der Waals surface area contributed by atoms with Crippen LogP contribution in [0.3, 0.4) is 0 Å². The molecule has 0 spiro atoms. The number of aromatic carboxylic acids is 1. The molecule has 0 heterocycles. The summed E-state index contributed by atoms with van der Waals surface area (Å²) in [5.41, 5.74) is 2.16. The van der Waals surface area contributed by atoms with E-state index in [1.165, 1.54) is 24.3 Å². The van der Waals surface area contributed by atoms with Crippen LogP contribution in [0.4, 0.5) is 15.8 Å². The van der Waals surface area contributed by atoms with E-state index in [0.29, 0.717) is 23.0 Å². The Balaban J connectivity index is 1.53. The van der Waals surface area contributed by atoms with E-state index in [2.05, 4.69) is 16.0 Å². The minimum Gasteiger partial charge on any atom is -0.478 e. The smallest absolute Gasteiger partial charge is 0.335 e. The van der Waals surface area contributed by atoms with Gasteiger partial charge in [0.05, 0.1) is 11.1 Å². The van der Waals surface area contributed by atoms with Gasteiger partial charge in [-0.2, -0.15) is 0 Å². The molecule has 3 aromatic carbocycles. The quantitative estimate of drug-likeness (QED) is 0.443. The summed E-state index contributed by atoms with van der Waals surface area (Å²) in [5.74, 6) is -2.10. The van der Waals surface area contributed by atoms with Crippen molar-refractivity contribution >= 4 is 40.6 Å². The Kier molecular flexibility index (Phi) is 6.71. The molecule has 0 saturated carbocycles. The van der Waals surface area contributed by atoms with Crippen LogP contribution in [-0.2, 0) is 6.54 Å². The molecule has 3 aromatic rings. The summed E-state index contributed by atoms with van der Waals surface area (Å²) in [4.78, 5) is 23.2. The molecule has 30 heavy (non-hydrogen) atoms. The van der Waals surface area contributed by atoms with Crippen LogP contribution in [0.2, 0.25) is 0 Å². The SMILES string of the molecule is O=C(O)c1cccc(CNC(=S)Nc2ccc(NC(=O)c3ccccc3F)cc2)c1. The summed E-state index contributed by atoms with van der Waals surface area (Å²) < 4.78 is 13.7.